The molecule has 4 amide bonds. The van der Waals surface area contributed by atoms with E-state index in [2.05, 4.69) is 5.32 Å². The normalized spacial score (nSPS) is 23.8. The summed E-state index contributed by atoms with van der Waals surface area (Å²) >= 11 is 0. The van der Waals surface area contributed by atoms with Crippen molar-refractivity contribution in [2.75, 3.05) is 13.1 Å². The van der Waals surface area contributed by atoms with Crippen molar-refractivity contribution in [2.45, 2.75) is 44.2 Å². The lowest BCUT2D eigenvalue weighted by atomic mass is 9.91. The summed E-state index contributed by atoms with van der Waals surface area (Å²) in [5, 5.41) is 3.00. The van der Waals surface area contributed by atoms with Crippen molar-refractivity contribution in [3.05, 3.63) is 70.8 Å². The third-order valence-electron chi connectivity index (χ3n) is 6.78. The van der Waals surface area contributed by atoms with E-state index in [4.69, 9.17) is 0 Å². The second-order valence-electron chi connectivity index (χ2n) is 8.56. The summed E-state index contributed by atoms with van der Waals surface area (Å²) in [4.78, 5) is 42.3. The number of carbonyl (C=O) groups is 3. The van der Waals surface area contributed by atoms with Gasteiger partial charge in [0.2, 0.25) is 0 Å². The molecule has 1 unspecified atom stereocenters. The Balaban J connectivity index is 1.30. The minimum Gasteiger partial charge on any atom is -0.338 e. The van der Waals surface area contributed by atoms with Crippen LogP contribution in [0.2, 0.25) is 0 Å². The predicted octanol–water partition coefficient (Wildman–Crippen LogP) is 2.99. The number of aryl methyl sites for hydroxylation is 2. The van der Waals surface area contributed by atoms with Crippen molar-refractivity contribution in [3.8, 4) is 0 Å². The Morgan fingerprint density at radius 2 is 1.73 bits per heavy atom. The third-order valence-corrected chi connectivity index (χ3v) is 6.78. The summed E-state index contributed by atoms with van der Waals surface area (Å²) in [5.74, 6) is -0.132. The van der Waals surface area contributed by atoms with Gasteiger partial charge < -0.3 is 10.2 Å². The molecule has 1 aliphatic carbocycles. The van der Waals surface area contributed by atoms with Gasteiger partial charge >= 0.3 is 6.03 Å². The topological polar surface area (TPSA) is 69.7 Å². The molecule has 0 saturated carbocycles. The fraction of sp³-hybridized carbons (Fsp3) is 0.375. The quantitative estimate of drug-likeness (QED) is 0.784. The summed E-state index contributed by atoms with van der Waals surface area (Å²) < 4.78 is 0. The van der Waals surface area contributed by atoms with E-state index >= 15 is 0 Å². The number of piperidine rings is 1. The number of rotatable bonds is 2. The van der Waals surface area contributed by atoms with Crippen LogP contribution in [0.1, 0.15) is 46.3 Å². The molecule has 0 bridgehead atoms. The number of carbonyl (C=O) groups excluding carboxylic acids is 3. The molecular formula is C24H25N3O3. The van der Waals surface area contributed by atoms with Gasteiger partial charge in [-0.15, -0.1) is 0 Å². The molecule has 2 aromatic rings. The van der Waals surface area contributed by atoms with Gasteiger partial charge in [-0.2, -0.15) is 0 Å². The van der Waals surface area contributed by atoms with Crippen LogP contribution in [0.5, 0.6) is 0 Å². The highest BCUT2D eigenvalue weighted by molar-refractivity contribution is 6.08. The fourth-order valence-corrected chi connectivity index (χ4v) is 5.10. The van der Waals surface area contributed by atoms with Crippen molar-refractivity contribution in [3.63, 3.8) is 0 Å². The molecule has 1 N–H and O–H groups in total. The number of fused-ring (bicyclic) bond motifs is 2. The standard InChI is InChI=1S/C24H25N3O3/c1-16-6-8-18(9-7-16)21(28)26-14-11-19(12-15-26)27-22(29)24(25-23(27)30)13-10-17-4-2-3-5-20(17)24/h2-9,19H,10-15H2,1H3,(H,25,30). The van der Waals surface area contributed by atoms with Crippen molar-refractivity contribution >= 4 is 17.8 Å². The van der Waals surface area contributed by atoms with Crippen molar-refractivity contribution in [1.29, 1.82) is 0 Å². The number of imide groups is 1. The summed E-state index contributed by atoms with van der Waals surface area (Å²) in [5.41, 5.74) is 2.94. The smallest absolute Gasteiger partial charge is 0.325 e. The molecule has 2 heterocycles. The highest BCUT2D eigenvalue weighted by atomic mass is 16.2. The first-order chi connectivity index (χ1) is 14.5. The van der Waals surface area contributed by atoms with Crippen LogP contribution in [-0.2, 0) is 16.8 Å². The maximum Gasteiger partial charge on any atom is 0.325 e. The molecule has 0 aromatic heterocycles. The van der Waals surface area contributed by atoms with E-state index in [0.717, 1.165) is 23.1 Å². The van der Waals surface area contributed by atoms with Gasteiger partial charge in [0.25, 0.3) is 11.8 Å². The summed E-state index contributed by atoms with van der Waals surface area (Å²) in [7, 11) is 0. The monoisotopic (exact) mass is 403 g/mol. The minimum atomic E-state index is -0.914. The van der Waals surface area contributed by atoms with E-state index in [9.17, 15) is 14.4 Å². The Bertz CT molecular complexity index is 1020. The number of benzene rings is 2. The summed E-state index contributed by atoms with van der Waals surface area (Å²) in [6.45, 7) is 3.07. The number of hydrogen-bond acceptors (Lipinski definition) is 3. The molecule has 154 valence electrons. The van der Waals surface area contributed by atoms with Gasteiger partial charge in [-0.1, -0.05) is 42.0 Å². The molecule has 0 radical (unpaired) electrons. The highest BCUT2D eigenvalue weighted by Gasteiger charge is 2.56. The van der Waals surface area contributed by atoms with Gasteiger partial charge in [-0.05, 0) is 55.9 Å². The zero-order valence-corrected chi connectivity index (χ0v) is 17.1. The second kappa shape index (κ2) is 6.97. The van der Waals surface area contributed by atoms with Crippen molar-refractivity contribution in [1.82, 2.24) is 15.1 Å². The zero-order valence-electron chi connectivity index (χ0n) is 17.1. The van der Waals surface area contributed by atoms with Crippen LogP contribution >= 0.6 is 0 Å². The number of urea groups is 1. The average molecular weight is 403 g/mol. The first kappa shape index (κ1) is 18.9. The molecule has 2 fully saturated rings. The van der Waals surface area contributed by atoms with Crippen LogP contribution in [0, 0.1) is 6.92 Å². The van der Waals surface area contributed by atoms with E-state index in [1.807, 2.05) is 60.4 Å². The Labute approximate surface area is 175 Å². The molecule has 5 rings (SSSR count). The lowest BCUT2D eigenvalue weighted by molar-refractivity contribution is -0.133. The first-order valence-corrected chi connectivity index (χ1v) is 10.6. The predicted molar refractivity (Wildman–Crippen MR) is 112 cm³/mol. The van der Waals surface area contributed by atoms with Crippen molar-refractivity contribution in [2.24, 2.45) is 0 Å². The van der Waals surface area contributed by atoms with E-state index in [0.29, 0.717) is 37.9 Å². The van der Waals surface area contributed by atoms with E-state index in [1.54, 1.807) is 0 Å². The highest BCUT2D eigenvalue weighted by Crippen LogP contribution is 2.42. The van der Waals surface area contributed by atoms with E-state index in [1.165, 1.54) is 4.90 Å². The first-order valence-electron chi connectivity index (χ1n) is 10.6. The van der Waals surface area contributed by atoms with Crippen LogP contribution in [0.4, 0.5) is 4.79 Å². The van der Waals surface area contributed by atoms with E-state index < -0.39 is 5.54 Å². The lowest BCUT2D eigenvalue weighted by Gasteiger charge is -2.35. The maximum absolute atomic E-state index is 13.4. The molecule has 2 aromatic carbocycles. The van der Waals surface area contributed by atoms with Crippen LogP contribution in [0.25, 0.3) is 0 Å². The molecule has 30 heavy (non-hydrogen) atoms. The van der Waals surface area contributed by atoms with Gasteiger partial charge in [0.1, 0.15) is 5.54 Å². The number of amides is 4. The van der Waals surface area contributed by atoms with Gasteiger partial charge in [-0.3, -0.25) is 14.5 Å². The van der Waals surface area contributed by atoms with Gasteiger partial charge in [0, 0.05) is 24.7 Å². The van der Waals surface area contributed by atoms with Gasteiger partial charge in [-0.25, -0.2) is 4.79 Å². The Morgan fingerprint density at radius 3 is 2.47 bits per heavy atom. The third kappa shape index (κ3) is 2.82. The number of hydrogen-bond donors (Lipinski definition) is 1. The van der Waals surface area contributed by atoms with Crippen LogP contribution in [-0.4, -0.2) is 46.8 Å². The SMILES string of the molecule is Cc1ccc(C(=O)N2CCC(N3C(=O)NC4(CCc5ccccc54)C3=O)CC2)cc1. The molecule has 2 saturated heterocycles. The van der Waals surface area contributed by atoms with Crippen LogP contribution < -0.4 is 5.32 Å². The zero-order chi connectivity index (χ0) is 20.9. The van der Waals surface area contributed by atoms with Crippen molar-refractivity contribution < 1.29 is 14.4 Å². The molecular weight excluding hydrogens is 378 g/mol. The van der Waals surface area contributed by atoms with Gasteiger partial charge in [0.05, 0.1) is 0 Å². The maximum atomic E-state index is 13.4. The van der Waals surface area contributed by atoms with Crippen LogP contribution in [0.3, 0.4) is 0 Å². The molecule has 1 atom stereocenters. The largest absolute Gasteiger partial charge is 0.338 e. The molecule has 3 aliphatic rings. The Hall–Kier alpha value is -3.15. The second-order valence-corrected chi connectivity index (χ2v) is 8.56. The molecule has 6 heteroatoms. The number of nitrogens with zero attached hydrogens (tertiary/aromatic N) is 2. The average Bonchev–Trinajstić information content (AvgIpc) is 3.26. The summed E-state index contributed by atoms with van der Waals surface area (Å²) in [6.07, 6.45) is 2.61. The minimum absolute atomic E-state index is 0.00633. The molecule has 6 nitrogen and oxygen atoms in total. The molecule has 1 spiro atoms. The Morgan fingerprint density at radius 1 is 1.03 bits per heavy atom. The summed E-state index contributed by atoms with van der Waals surface area (Å²) in [6, 6.07) is 15.0. The molecule has 2 aliphatic heterocycles. The van der Waals surface area contributed by atoms with Crippen LogP contribution in [0.15, 0.2) is 48.5 Å². The number of likely N-dealkylation sites (tertiary alicyclic amines) is 1. The number of nitrogens with one attached hydrogen (secondary N) is 1. The fourth-order valence-electron chi connectivity index (χ4n) is 5.10. The van der Waals surface area contributed by atoms with Gasteiger partial charge in [0.15, 0.2) is 0 Å². The van der Waals surface area contributed by atoms with E-state index in [-0.39, 0.29) is 23.9 Å². The Kier molecular flexibility index (Phi) is 4.38. The lowest BCUT2D eigenvalue weighted by Crippen LogP contribution is -2.49.